The Labute approximate surface area is 158 Å². The number of nitrogens with zero attached hydrogens (tertiary/aromatic N) is 2. The van der Waals surface area contributed by atoms with Crippen molar-refractivity contribution in [2.24, 2.45) is 0 Å². The van der Waals surface area contributed by atoms with Crippen LogP contribution >= 0.6 is 11.6 Å². The highest BCUT2D eigenvalue weighted by Gasteiger charge is 2.46. The quantitative estimate of drug-likeness (QED) is 0.787. The first-order chi connectivity index (χ1) is 12.2. The fraction of sp³-hybridized carbons (Fsp3) is 0.579. The Bertz CT molecular complexity index is 685. The van der Waals surface area contributed by atoms with Gasteiger partial charge in [0.05, 0.1) is 6.54 Å². The van der Waals surface area contributed by atoms with Gasteiger partial charge in [-0.05, 0) is 57.9 Å². The highest BCUT2D eigenvalue weighted by molar-refractivity contribution is 6.30. The SMILES string of the molecule is CC(C)(C)OC(=O)N1C[C@H](F)C[C@H]1C(=O)N(c1ccc(Cl)cc1)C1CC1. The van der Waals surface area contributed by atoms with Crippen molar-refractivity contribution in [3.63, 3.8) is 0 Å². The minimum absolute atomic E-state index is 0.00507. The molecule has 2 atom stereocenters. The molecule has 1 aromatic rings. The van der Waals surface area contributed by atoms with Crippen LogP contribution in [0, 0.1) is 0 Å². The van der Waals surface area contributed by atoms with Gasteiger partial charge < -0.3 is 9.64 Å². The number of anilines is 1. The molecule has 2 fully saturated rings. The number of benzene rings is 1. The molecule has 0 spiro atoms. The summed E-state index contributed by atoms with van der Waals surface area (Å²) in [5.41, 5.74) is 0.0131. The maximum Gasteiger partial charge on any atom is 0.411 e. The van der Waals surface area contributed by atoms with Gasteiger partial charge in [0.1, 0.15) is 17.8 Å². The van der Waals surface area contributed by atoms with E-state index >= 15 is 0 Å². The lowest BCUT2D eigenvalue weighted by molar-refractivity contribution is -0.123. The fourth-order valence-electron chi connectivity index (χ4n) is 3.15. The molecule has 7 heteroatoms. The van der Waals surface area contributed by atoms with Crippen LogP contribution < -0.4 is 4.90 Å². The first-order valence-corrected chi connectivity index (χ1v) is 9.26. The maximum absolute atomic E-state index is 14.1. The number of hydrogen-bond donors (Lipinski definition) is 0. The normalized spacial score (nSPS) is 23.0. The van der Waals surface area contributed by atoms with Crippen LogP contribution in [0.2, 0.25) is 5.02 Å². The van der Waals surface area contributed by atoms with Crippen LogP contribution in [0.15, 0.2) is 24.3 Å². The summed E-state index contributed by atoms with van der Waals surface area (Å²) in [5.74, 6) is -0.263. The molecule has 1 aromatic carbocycles. The average molecular weight is 383 g/mol. The lowest BCUT2D eigenvalue weighted by Crippen LogP contribution is -2.50. The number of amides is 2. The van der Waals surface area contributed by atoms with Gasteiger partial charge in [-0.15, -0.1) is 0 Å². The average Bonchev–Trinajstić information content (AvgIpc) is 3.28. The van der Waals surface area contributed by atoms with Crippen LogP contribution in [0.4, 0.5) is 14.9 Å². The summed E-state index contributed by atoms with van der Waals surface area (Å²) in [4.78, 5) is 28.6. The second kappa shape index (κ2) is 7.06. The minimum atomic E-state index is -1.23. The standard InChI is InChI=1S/C19H24ClFN2O3/c1-19(2,3)26-18(25)22-11-13(21)10-16(22)17(24)23(15-8-9-15)14-6-4-12(20)5-7-14/h4-7,13,15-16H,8-11H2,1-3H3/t13-,16+/m1/s1. The van der Waals surface area contributed by atoms with Crippen LogP contribution in [0.5, 0.6) is 0 Å². The zero-order valence-electron chi connectivity index (χ0n) is 15.2. The van der Waals surface area contributed by atoms with Crippen molar-refractivity contribution in [2.75, 3.05) is 11.4 Å². The number of rotatable bonds is 3. The highest BCUT2D eigenvalue weighted by Crippen LogP contribution is 2.35. The molecule has 1 aliphatic carbocycles. The molecule has 2 aliphatic rings. The predicted molar refractivity (Wildman–Crippen MR) is 98.2 cm³/mol. The van der Waals surface area contributed by atoms with Gasteiger partial charge in [-0.1, -0.05) is 11.6 Å². The van der Waals surface area contributed by atoms with Crippen LogP contribution in [-0.2, 0) is 9.53 Å². The van der Waals surface area contributed by atoms with E-state index in [9.17, 15) is 14.0 Å². The molecular formula is C19H24ClFN2O3. The lowest BCUT2D eigenvalue weighted by Gasteiger charge is -2.31. The van der Waals surface area contributed by atoms with E-state index in [1.165, 1.54) is 4.90 Å². The van der Waals surface area contributed by atoms with Crippen LogP contribution in [0.25, 0.3) is 0 Å². The van der Waals surface area contributed by atoms with Crippen molar-refractivity contribution in [3.05, 3.63) is 29.3 Å². The van der Waals surface area contributed by atoms with E-state index in [1.54, 1.807) is 49.9 Å². The topological polar surface area (TPSA) is 49.9 Å². The van der Waals surface area contributed by atoms with Gasteiger partial charge in [0.2, 0.25) is 5.91 Å². The van der Waals surface area contributed by atoms with Gasteiger partial charge in [0, 0.05) is 23.2 Å². The molecule has 1 aliphatic heterocycles. The van der Waals surface area contributed by atoms with E-state index in [0.717, 1.165) is 12.8 Å². The molecule has 2 amide bonds. The van der Waals surface area contributed by atoms with Crippen molar-refractivity contribution in [1.82, 2.24) is 4.90 Å². The summed E-state index contributed by atoms with van der Waals surface area (Å²) >= 11 is 5.94. The van der Waals surface area contributed by atoms with Crippen molar-refractivity contribution in [1.29, 1.82) is 0 Å². The smallest absolute Gasteiger partial charge is 0.411 e. The zero-order chi connectivity index (χ0) is 19.1. The molecular weight excluding hydrogens is 359 g/mol. The Morgan fingerprint density at radius 3 is 2.38 bits per heavy atom. The lowest BCUT2D eigenvalue weighted by atomic mass is 10.1. The van der Waals surface area contributed by atoms with Crippen LogP contribution in [0.3, 0.4) is 0 Å². The van der Waals surface area contributed by atoms with Crippen molar-refractivity contribution in [2.45, 2.75) is 63.9 Å². The summed E-state index contributed by atoms with van der Waals surface area (Å²) < 4.78 is 19.4. The number of carbonyl (C=O) groups excluding carboxylic acids is 2. The third kappa shape index (κ3) is 4.29. The summed E-state index contributed by atoms with van der Waals surface area (Å²) in [6.45, 7) is 5.11. The fourth-order valence-corrected chi connectivity index (χ4v) is 3.28. The summed E-state index contributed by atoms with van der Waals surface area (Å²) in [5, 5.41) is 0.581. The van der Waals surface area contributed by atoms with Gasteiger partial charge >= 0.3 is 6.09 Å². The Morgan fingerprint density at radius 2 is 1.85 bits per heavy atom. The Morgan fingerprint density at radius 1 is 1.23 bits per heavy atom. The Kier molecular flexibility index (Phi) is 5.15. The third-order valence-corrected chi connectivity index (χ3v) is 4.67. The Balaban J connectivity index is 1.83. The number of halogens is 2. The second-order valence-corrected chi connectivity index (χ2v) is 8.33. The summed E-state index contributed by atoms with van der Waals surface area (Å²) in [6, 6.07) is 6.23. The first-order valence-electron chi connectivity index (χ1n) is 8.88. The maximum atomic E-state index is 14.1. The molecule has 0 unspecified atom stereocenters. The summed E-state index contributed by atoms with van der Waals surface area (Å²) in [7, 11) is 0. The van der Waals surface area contributed by atoms with E-state index in [-0.39, 0.29) is 24.9 Å². The molecule has 0 aromatic heterocycles. The van der Waals surface area contributed by atoms with Gasteiger partial charge in [-0.25, -0.2) is 9.18 Å². The van der Waals surface area contributed by atoms with Gasteiger partial charge in [-0.2, -0.15) is 0 Å². The van der Waals surface area contributed by atoms with E-state index < -0.39 is 23.9 Å². The molecule has 26 heavy (non-hydrogen) atoms. The van der Waals surface area contributed by atoms with E-state index in [2.05, 4.69) is 0 Å². The molecule has 0 bridgehead atoms. The molecule has 1 saturated carbocycles. The predicted octanol–water partition coefficient (Wildman–Crippen LogP) is 4.18. The highest BCUT2D eigenvalue weighted by atomic mass is 35.5. The second-order valence-electron chi connectivity index (χ2n) is 7.90. The molecule has 0 radical (unpaired) electrons. The zero-order valence-corrected chi connectivity index (χ0v) is 16.0. The van der Waals surface area contributed by atoms with Gasteiger partial charge in [0.25, 0.3) is 0 Å². The number of alkyl halides is 1. The van der Waals surface area contributed by atoms with Crippen LogP contribution in [-0.4, -0.2) is 47.3 Å². The van der Waals surface area contributed by atoms with E-state index in [4.69, 9.17) is 16.3 Å². The number of hydrogen-bond acceptors (Lipinski definition) is 3. The molecule has 1 saturated heterocycles. The number of carbonyl (C=O) groups is 2. The molecule has 5 nitrogen and oxygen atoms in total. The van der Waals surface area contributed by atoms with E-state index in [0.29, 0.717) is 10.7 Å². The monoisotopic (exact) mass is 382 g/mol. The molecule has 142 valence electrons. The Hall–Kier alpha value is -1.82. The van der Waals surface area contributed by atoms with Gasteiger partial charge in [0.15, 0.2) is 0 Å². The number of likely N-dealkylation sites (tertiary alicyclic amines) is 1. The van der Waals surface area contributed by atoms with Crippen molar-refractivity contribution in [3.8, 4) is 0 Å². The third-order valence-electron chi connectivity index (χ3n) is 4.42. The number of ether oxygens (including phenoxy) is 1. The van der Waals surface area contributed by atoms with Gasteiger partial charge in [-0.3, -0.25) is 9.69 Å². The first kappa shape index (κ1) is 19.0. The molecule has 1 heterocycles. The largest absolute Gasteiger partial charge is 0.444 e. The van der Waals surface area contributed by atoms with Crippen molar-refractivity contribution >= 4 is 29.3 Å². The van der Waals surface area contributed by atoms with E-state index in [1.807, 2.05) is 0 Å². The summed E-state index contributed by atoms with van der Waals surface area (Å²) in [6.07, 6.45) is -0.0980. The van der Waals surface area contributed by atoms with Crippen LogP contribution in [0.1, 0.15) is 40.0 Å². The van der Waals surface area contributed by atoms with Crippen molar-refractivity contribution < 1.29 is 18.7 Å². The molecule has 0 N–H and O–H groups in total. The molecule has 3 rings (SSSR count). The minimum Gasteiger partial charge on any atom is -0.444 e.